The van der Waals surface area contributed by atoms with Crippen molar-refractivity contribution in [3.05, 3.63) is 50.9 Å². The maximum atomic E-state index is 12.5. The van der Waals surface area contributed by atoms with Gasteiger partial charge in [0.15, 0.2) is 0 Å². The average Bonchev–Trinajstić information content (AvgIpc) is 2.58. The van der Waals surface area contributed by atoms with Crippen LogP contribution in [0, 0.1) is 5.92 Å². The Labute approximate surface area is 144 Å². The molecule has 0 amide bonds. The molecular formula is C16H17Cl2N3O2. The zero-order chi connectivity index (χ0) is 16.4. The van der Waals surface area contributed by atoms with Crippen molar-refractivity contribution < 1.29 is 5.11 Å². The number of aliphatic hydroxyl groups excluding tert-OH is 1. The number of benzene rings is 1. The molecule has 3 rings (SSSR count). The van der Waals surface area contributed by atoms with Gasteiger partial charge in [0.1, 0.15) is 5.02 Å². The first-order valence-electron chi connectivity index (χ1n) is 7.49. The quantitative estimate of drug-likeness (QED) is 0.921. The second-order valence-electron chi connectivity index (χ2n) is 5.67. The number of aliphatic hydroxyl groups is 1. The first-order chi connectivity index (χ1) is 11.1. The number of hydrogen-bond donors (Lipinski definition) is 1. The molecule has 1 aromatic heterocycles. The SMILES string of the molecule is O=c1c(Cl)c(N2CCCC(CO)C2)cnn1-c1ccc(Cl)cc1. The highest BCUT2D eigenvalue weighted by atomic mass is 35.5. The van der Waals surface area contributed by atoms with Crippen LogP contribution in [-0.2, 0) is 0 Å². The number of halogens is 2. The monoisotopic (exact) mass is 353 g/mol. The fourth-order valence-corrected chi connectivity index (χ4v) is 3.22. The van der Waals surface area contributed by atoms with Crippen molar-refractivity contribution in [2.75, 3.05) is 24.6 Å². The van der Waals surface area contributed by atoms with E-state index in [0.29, 0.717) is 22.9 Å². The van der Waals surface area contributed by atoms with Crippen molar-refractivity contribution in [1.29, 1.82) is 0 Å². The molecule has 1 unspecified atom stereocenters. The smallest absolute Gasteiger partial charge is 0.292 e. The lowest BCUT2D eigenvalue weighted by Gasteiger charge is -2.33. The molecule has 7 heteroatoms. The summed E-state index contributed by atoms with van der Waals surface area (Å²) in [5.74, 6) is 0.207. The van der Waals surface area contributed by atoms with Crippen LogP contribution in [0.25, 0.3) is 5.69 Å². The van der Waals surface area contributed by atoms with Gasteiger partial charge in [-0.2, -0.15) is 9.78 Å². The Morgan fingerprint density at radius 2 is 2.00 bits per heavy atom. The zero-order valence-electron chi connectivity index (χ0n) is 12.5. The minimum absolute atomic E-state index is 0.142. The molecule has 1 aliphatic rings. The van der Waals surface area contributed by atoms with Gasteiger partial charge in [-0.3, -0.25) is 4.79 Å². The molecule has 0 spiro atoms. The molecule has 23 heavy (non-hydrogen) atoms. The molecule has 0 bridgehead atoms. The molecule has 5 nitrogen and oxygen atoms in total. The normalized spacial score (nSPS) is 18.2. The third-order valence-electron chi connectivity index (χ3n) is 4.09. The van der Waals surface area contributed by atoms with Crippen LogP contribution in [0.3, 0.4) is 0 Å². The van der Waals surface area contributed by atoms with Gasteiger partial charge in [0.2, 0.25) is 0 Å². The van der Waals surface area contributed by atoms with Gasteiger partial charge >= 0.3 is 0 Å². The van der Waals surface area contributed by atoms with Gasteiger partial charge in [0.05, 0.1) is 17.6 Å². The summed E-state index contributed by atoms with van der Waals surface area (Å²) in [6.07, 6.45) is 3.56. The van der Waals surface area contributed by atoms with E-state index in [2.05, 4.69) is 5.10 Å². The summed E-state index contributed by atoms with van der Waals surface area (Å²) in [5, 5.41) is 14.3. The number of nitrogens with zero attached hydrogens (tertiary/aromatic N) is 3. The van der Waals surface area contributed by atoms with E-state index in [-0.39, 0.29) is 23.1 Å². The summed E-state index contributed by atoms with van der Waals surface area (Å²) < 4.78 is 1.26. The molecule has 1 aliphatic heterocycles. The first kappa shape index (κ1) is 16.3. The van der Waals surface area contributed by atoms with Crippen LogP contribution in [0.15, 0.2) is 35.3 Å². The van der Waals surface area contributed by atoms with E-state index < -0.39 is 0 Å². The van der Waals surface area contributed by atoms with E-state index in [0.717, 1.165) is 19.4 Å². The van der Waals surface area contributed by atoms with Crippen LogP contribution < -0.4 is 10.5 Å². The van der Waals surface area contributed by atoms with Gasteiger partial charge < -0.3 is 10.0 Å². The van der Waals surface area contributed by atoms with E-state index in [9.17, 15) is 9.90 Å². The maximum Gasteiger partial charge on any atom is 0.292 e. The molecule has 1 atom stereocenters. The van der Waals surface area contributed by atoms with Crippen molar-refractivity contribution in [1.82, 2.24) is 9.78 Å². The van der Waals surface area contributed by atoms with Crippen LogP contribution in [0.4, 0.5) is 5.69 Å². The average molecular weight is 354 g/mol. The Hall–Kier alpha value is -1.56. The first-order valence-corrected chi connectivity index (χ1v) is 8.25. The molecule has 1 saturated heterocycles. The van der Waals surface area contributed by atoms with E-state index in [1.165, 1.54) is 4.68 Å². The predicted octanol–water partition coefficient (Wildman–Crippen LogP) is 2.75. The third kappa shape index (κ3) is 3.37. The van der Waals surface area contributed by atoms with Crippen LogP contribution in [0.1, 0.15) is 12.8 Å². The number of rotatable bonds is 3. The summed E-state index contributed by atoms with van der Waals surface area (Å²) in [6, 6.07) is 6.83. The Bertz CT molecular complexity index is 746. The highest BCUT2D eigenvalue weighted by Gasteiger charge is 2.23. The lowest BCUT2D eigenvalue weighted by atomic mass is 9.99. The molecule has 1 N–H and O–H groups in total. The van der Waals surface area contributed by atoms with Crippen molar-refractivity contribution in [3.8, 4) is 5.69 Å². The Kier molecular flexibility index (Phi) is 4.90. The maximum absolute atomic E-state index is 12.5. The number of piperidine rings is 1. The van der Waals surface area contributed by atoms with Crippen molar-refractivity contribution in [2.45, 2.75) is 12.8 Å². The number of hydrogen-bond acceptors (Lipinski definition) is 4. The molecule has 1 aromatic carbocycles. The highest BCUT2D eigenvalue weighted by Crippen LogP contribution is 2.27. The molecule has 2 heterocycles. The van der Waals surface area contributed by atoms with E-state index in [1.54, 1.807) is 30.5 Å². The molecular weight excluding hydrogens is 337 g/mol. The minimum Gasteiger partial charge on any atom is -0.396 e. The van der Waals surface area contributed by atoms with Gasteiger partial charge in [0, 0.05) is 24.7 Å². The van der Waals surface area contributed by atoms with Crippen molar-refractivity contribution in [2.24, 2.45) is 5.92 Å². The predicted molar refractivity (Wildman–Crippen MR) is 91.9 cm³/mol. The highest BCUT2D eigenvalue weighted by molar-refractivity contribution is 6.33. The van der Waals surface area contributed by atoms with E-state index in [4.69, 9.17) is 23.2 Å². The second-order valence-corrected chi connectivity index (χ2v) is 6.49. The summed E-state index contributed by atoms with van der Waals surface area (Å²) >= 11 is 12.2. The summed E-state index contributed by atoms with van der Waals surface area (Å²) in [5.41, 5.74) is 0.873. The van der Waals surface area contributed by atoms with Gasteiger partial charge in [-0.05, 0) is 43.0 Å². The molecule has 0 saturated carbocycles. The molecule has 1 fully saturated rings. The fourth-order valence-electron chi connectivity index (χ4n) is 2.84. The van der Waals surface area contributed by atoms with Crippen molar-refractivity contribution >= 4 is 28.9 Å². The van der Waals surface area contributed by atoms with E-state index >= 15 is 0 Å². The molecule has 0 aliphatic carbocycles. The summed E-state index contributed by atoms with van der Waals surface area (Å²) in [7, 11) is 0. The van der Waals surface area contributed by atoms with E-state index in [1.807, 2.05) is 4.90 Å². The van der Waals surface area contributed by atoms with Crippen LogP contribution in [0.2, 0.25) is 10.0 Å². The Morgan fingerprint density at radius 3 is 2.70 bits per heavy atom. The molecule has 0 radical (unpaired) electrons. The van der Waals surface area contributed by atoms with Gasteiger partial charge in [-0.15, -0.1) is 0 Å². The Morgan fingerprint density at radius 1 is 1.26 bits per heavy atom. The number of aromatic nitrogens is 2. The molecule has 2 aromatic rings. The second kappa shape index (κ2) is 6.91. The summed E-state index contributed by atoms with van der Waals surface area (Å²) in [4.78, 5) is 14.5. The summed E-state index contributed by atoms with van der Waals surface area (Å²) in [6.45, 7) is 1.63. The van der Waals surface area contributed by atoms with Crippen LogP contribution >= 0.6 is 23.2 Å². The van der Waals surface area contributed by atoms with Gasteiger partial charge in [0.25, 0.3) is 5.56 Å². The standard InChI is InChI=1S/C16H17Cl2N3O2/c17-12-3-5-13(6-4-12)21-16(23)15(18)14(8-19-21)20-7-1-2-11(9-20)10-22/h3-6,8,11,22H,1-2,7,9-10H2. The zero-order valence-corrected chi connectivity index (χ0v) is 14.0. The lowest BCUT2D eigenvalue weighted by molar-refractivity contribution is 0.208. The topological polar surface area (TPSA) is 58.4 Å². The Balaban J connectivity index is 1.94. The van der Waals surface area contributed by atoms with Crippen molar-refractivity contribution in [3.63, 3.8) is 0 Å². The number of anilines is 1. The van der Waals surface area contributed by atoms with Gasteiger partial charge in [-0.25, -0.2) is 0 Å². The third-order valence-corrected chi connectivity index (χ3v) is 4.70. The lowest BCUT2D eigenvalue weighted by Crippen LogP contribution is -2.38. The van der Waals surface area contributed by atoms with Gasteiger partial charge in [-0.1, -0.05) is 23.2 Å². The van der Waals surface area contributed by atoms with Crippen LogP contribution in [0.5, 0.6) is 0 Å². The fraction of sp³-hybridized carbons (Fsp3) is 0.375. The largest absolute Gasteiger partial charge is 0.396 e. The molecule has 122 valence electrons. The minimum atomic E-state index is -0.363. The van der Waals surface area contributed by atoms with Crippen LogP contribution in [-0.4, -0.2) is 34.6 Å².